The van der Waals surface area contributed by atoms with Gasteiger partial charge in [0.25, 0.3) is 5.91 Å². The number of nitrogens with one attached hydrogen (secondary N) is 2. The maximum Gasteiger partial charge on any atom is 0.253 e. The van der Waals surface area contributed by atoms with Crippen molar-refractivity contribution in [3.05, 3.63) is 29.8 Å². The summed E-state index contributed by atoms with van der Waals surface area (Å²) in [5, 5.41) is 6.05. The van der Waals surface area contributed by atoms with Crippen LogP contribution in [0.3, 0.4) is 0 Å². The number of anilines is 1. The Labute approximate surface area is 131 Å². The van der Waals surface area contributed by atoms with Crippen LogP contribution in [0.25, 0.3) is 0 Å². The normalized spacial score (nSPS) is 15.4. The maximum atomic E-state index is 12.1. The number of rotatable bonds is 4. The van der Waals surface area contributed by atoms with Gasteiger partial charge in [0.05, 0.1) is 0 Å². The summed E-state index contributed by atoms with van der Waals surface area (Å²) in [5.41, 5.74) is 1.24. The van der Waals surface area contributed by atoms with Crippen molar-refractivity contribution in [2.45, 2.75) is 6.92 Å². The van der Waals surface area contributed by atoms with Crippen LogP contribution in [0.4, 0.5) is 5.69 Å². The summed E-state index contributed by atoms with van der Waals surface area (Å²) in [6.45, 7) is 3.73. The van der Waals surface area contributed by atoms with Gasteiger partial charge in [0.15, 0.2) is 0 Å². The van der Waals surface area contributed by atoms with Crippen LogP contribution in [-0.2, 0) is 4.79 Å². The minimum Gasteiger partial charge on any atom is -0.345 e. The number of halogens is 1. The van der Waals surface area contributed by atoms with E-state index in [1.807, 2.05) is 6.92 Å². The van der Waals surface area contributed by atoms with Crippen molar-refractivity contribution >= 4 is 29.9 Å². The van der Waals surface area contributed by atoms with E-state index < -0.39 is 0 Å². The summed E-state index contributed by atoms with van der Waals surface area (Å²) < 4.78 is 0. The van der Waals surface area contributed by atoms with Crippen molar-refractivity contribution in [3.8, 4) is 0 Å². The Hall–Kier alpha value is -1.59. The third-order valence-corrected chi connectivity index (χ3v) is 3.72. The average molecular weight is 312 g/mol. The van der Waals surface area contributed by atoms with Crippen molar-refractivity contribution in [2.75, 3.05) is 32.5 Å². The van der Waals surface area contributed by atoms with Crippen LogP contribution in [0.1, 0.15) is 17.3 Å². The third kappa shape index (κ3) is 4.19. The van der Waals surface area contributed by atoms with E-state index in [9.17, 15) is 9.59 Å². The van der Waals surface area contributed by atoms with Gasteiger partial charge in [-0.1, -0.05) is 13.0 Å². The van der Waals surface area contributed by atoms with Gasteiger partial charge in [0.1, 0.15) is 0 Å². The highest BCUT2D eigenvalue weighted by Crippen LogP contribution is 2.19. The van der Waals surface area contributed by atoms with Crippen LogP contribution in [0, 0.1) is 11.8 Å². The number of hydrogen-bond acceptors (Lipinski definition) is 3. The molecule has 5 nitrogen and oxygen atoms in total. The lowest BCUT2D eigenvalue weighted by Gasteiger charge is -2.31. The molecule has 1 aromatic carbocycles. The second-order valence-corrected chi connectivity index (χ2v) is 5.48. The van der Waals surface area contributed by atoms with Crippen molar-refractivity contribution in [1.82, 2.24) is 10.2 Å². The molecule has 1 aliphatic heterocycles. The number of carbonyl (C=O) groups is 2. The average Bonchev–Trinajstić information content (AvgIpc) is 2.35. The zero-order valence-corrected chi connectivity index (χ0v) is 13.4. The molecule has 0 aliphatic carbocycles. The lowest BCUT2D eigenvalue weighted by Crippen LogP contribution is -2.48. The molecule has 1 aromatic rings. The first-order valence-electron chi connectivity index (χ1n) is 6.82. The minimum absolute atomic E-state index is 0. The minimum atomic E-state index is -0.0719. The second kappa shape index (κ2) is 7.43. The summed E-state index contributed by atoms with van der Waals surface area (Å²) in [5.74, 6) is 0.314. The molecule has 0 saturated carbocycles. The highest BCUT2D eigenvalue weighted by Gasteiger charge is 2.28. The molecular formula is C15H22ClN3O2. The largest absolute Gasteiger partial charge is 0.345 e. The molecule has 0 bridgehead atoms. The predicted molar refractivity (Wildman–Crippen MR) is 85.9 cm³/mol. The van der Waals surface area contributed by atoms with Crippen LogP contribution in [-0.4, -0.2) is 43.9 Å². The zero-order chi connectivity index (χ0) is 14.7. The Kier molecular flexibility index (Phi) is 6.18. The highest BCUT2D eigenvalue weighted by atomic mass is 35.5. The Balaban J connectivity index is 0.00000220. The molecule has 2 N–H and O–H groups in total. The molecule has 21 heavy (non-hydrogen) atoms. The molecule has 1 unspecified atom stereocenters. The molecule has 1 aliphatic rings. The number of benzene rings is 1. The standard InChI is InChI=1S/C15H21N3O2.ClH/c1-10(12-8-16-9-12)14(19)17-13-6-4-5-11(7-13)15(20)18(2)3;/h4-7,10,12,16H,8-9H2,1-3H3,(H,17,19);1H. The fourth-order valence-electron chi connectivity index (χ4n) is 2.12. The van der Waals surface area contributed by atoms with Crippen LogP contribution < -0.4 is 10.6 Å². The van der Waals surface area contributed by atoms with Gasteiger partial charge in [-0.25, -0.2) is 0 Å². The van der Waals surface area contributed by atoms with Gasteiger partial charge in [-0.3, -0.25) is 9.59 Å². The van der Waals surface area contributed by atoms with Crippen molar-refractivity contribution in [2.24, 2.45) is 11.8 Å². The molecule has 0 radical (unpaired) electrons. The molecule has 1 heterocycles. The van der Waals surface area contributed by atoms with E-state index in [1.165, 1.54) is 4.90 Å². The van der Waals surface area contributed by atoms with E-state index in [-0.39, 0.29) is 30.1 Å². The predicted octanol–water partition coefficient (Wildman–Crippen LogP) is 1.60. The van der Waals surface area contributed by atoms with Crippen LogP contribution in [0.5, 0.6) is 0 Å². The zero-order valence-electron chi connectivity index (χ0n) is 12.6. The van der Waals surface area contributed by atoms with Gasteiger partial charge in [-0.15, -0.1) is 12.4 Å². The van der Waals surface area contributed by atoms with Gasteiger partial charge in [0.2, 0.25) is 5.91 Å². The summed E-state index contributed by atoms with van der Waals surface area (Å²) in [6, 6.07) is 7.04. The first-order chi connectivity index (χ1) is 9.49. The second-order valence-electron chi connectivity index (χ2n) is 5.48. The highest BCUT2D eigenvalue weighted by molar-refractivity contribution is 5.97. The molecule has 2 amide bonds. The van der Waals surface area contributed by atoms with Crippen LogP contribution in [0.2, 0.25) is 0 Å². The lowest BCUT2D eigenvalue weighted by atomic mass is 9.88. The fraction of sp³-hybridized carbons (Fsp3) is 0.467. The molecule has 0 aromatic heterocycles. The van der Waals surface area contributed by atoms with Gasteiger partial charge < -0.3 is 15.5 Å². The quantitative estimate of drug-likeness (QED) is 0.888. The van der Waals surface area contributed by atoms with E-state index >= 15 is 0 Å². The smallest absolute Gasteiger partial charge is 0.253 e. The first kappa shape index (κ1) is 17.5. The topological polar surface area (TPSA) is 61.4 Å². The van der Waals surface area contributed by atoms with Gasteiger partial charge in [-0.2, -0.15) is 0 Å². The molecule has 1 saturated heterocycles. The van der Waals surface area contributed by atoms with Crippen molar-refractivity contribution in [3.63, 3.8) is 0 Å². The van der Waals surface area contributed by atoms with E-state index in [0.29, 0.717) is 17.2 Å². The molecule has 0 spiro atoms. The Morgan fingerprint density at radius 2 is 2.00 bits per heavy atom. The summed E-state index contributed by atoms with van der Waals surface area (Å²) in [6.07, 6.45) is 0. The third-order valence-electron chi connectivity index (χ3n) is 3.72. The lowest BCUT2D eigenvalue weighted by molar-refractivity contribution is -0.121. The number of nitrogens with zero attached hydrogens (tertiary/aromatic N) is 1. The summed E-state index contributed by atoms with van der Waals surface area (Å²) in [7, 11) is 3.42. The Morgan fingerprint density at radius 1 is 1.33 bits per heavy atom. The van der Waals surface area contributed by atoms with E-state index in [0.717, 1.165) is 13.1 Å². The first-order valence-corrected chi connectivity index (χ1v) is 6.82. The fourth-order valence-corrected chi connectivity index (χ4v) is 2.12. The van der Waals surface area contributed by atoms with E-state index in [4.69, 9.17) is 0 Å². The van der Waals surface area contributed by atoms with Crippen LogP contribution >= 0.6 is 12.4 Å². The number of amides is 2. The summed E-state index contributed by atoms with van der Waals surface area (Å²) >= 11 is 0. The molecule has 6 heteroatoms. The Morgan fingerprint density at radius 3 is 2.52 bits per heavy atom. The molecular weight excluding hydrogens is 290 g/mol. The molecule has 1 fully saturated rings. The number of carbonyl (C=O) groups excluding carboxylic acids is 2. The molecule has 116 valence electrons. The number of hydrogen-bond donors (Lipinski definition) is 2. The van der Waals surface area contributed by atoms with E-state index in [1.54, 1.807) is 38.4 Å². The Bertz CT molecular complexity index is 515. The van der Waals surface area contributed by atoms with Gasteiger partial charge in [-0.05, 0) is 37.2 Å². The van der Waals surface area contributed by atoms with Crippen LogP contribution in [0.15, 0.2) is 24.3 Å². The van der Waals surface area contributed by atoms with E-state index in [2.05, 4.69) is 10.6 Å². The van der Waals surface area contributed by atoms with Gasteiger partial charge >= 0.3 is 0 Å². The maximum absolute atomic E-state index is 12.1. The van der Waals surface area contributed by atoms with Crippen molar-refractivity contribution in [1.29, 1.82) is 0 Å². The SMILES string of the molecule is CC(C(=O)Nc1cccc(C(=O)N(C)C)c1)C1CNC1.Cl. The monoisotopic (exact) mass is 311 g/mol. The molecule has 2 rings (SSSR count). The van der Waals surface area contributed by atoms with Gasteiger partial charge in [0, 0.05) is 31.3 Å². The summed E-state index contributed by atoms with van der Waals surface area (Å²) in [4.78, 5) is 25.5. The molecule has 1 atom stereocenters. The van der Waals surface area contributed by atoms with Crippen molar-refractivity contribution < 1.29 is 9.59 Å².